The van der Waals surface area contributed by atoms with E-state index in [9.17, 15) is 28.8 Å². The first-order valence-electron chi connectivity index (χ1n) is 12.0. The molecule has 11 heteroatoms. The van der Waals surface area contributed by atoms with Crippen LogP contribution >= 0.6 is 0 Å². The fraction of sp³-hybridized carbons (Fsp3) is 0.440. The summed E-state index contributed by atoms with van der Waals surface area (Å²) >= 11 is 0. The molecule has 0 spiro atoms. The number of nitrogens with two attached hydrogens (primary N) is 1. The van der Waals surface area contributed by atoms with Gasteiger partial charge in [-0.25, -0.2) is 9.59 Å². The van der Waals surface area contributed by atoms with E-state index in [0.29, 0.717) is 6.42 Å². The molecule has 1 aliphatic heterocycles. The summed E-state index contributed by atoms with van der Waals surface area (Å²) in [6, 6.07) is 3.91. The average molecular weight is 497 g/mol. The highest BCUT2D eigenvalue weighted by molar-refractivity contribution is 6.22. The number of esters is 1. The van der Waals surface area contributed by atoms with Gasteiger partial charge in [0.05, 0.1) is 16.7 Å². The van der Waals surface area contributed by atoms with Gasteiger partial charge in [-0.05, 0) is 37.5 Å². The maximum absolute atomic E-state index is 13.0. The van der Waals surface area contributed by atoms with E-state index in [2.05, 4.69) is 0 Å². The highest BCUT2D eigenvalue weighted by Gasteiger charge is 2.40. The number of carbonyl (C=O) groups is 4. The standard InChI is InChI=1S/C25H28N4O7/c1-3-11-28-20(26)19(23(33)27(2)25(28)35)18(30)13-36-24(34)14-9-10-16-17(12-14)22(32)29(21(16)31)15-7-5-4-6-8-15/h9-10,12,15H,3-8,11,13,26H2,1-2H3. The van der Waals surface area contributed by atoms with Crippen molar-refractivity contribution in [2.24, 2.45) is 7.05 Å². The van der Waals surface area contributed by atoms with Crippen molar-refractivity contribution in [3.8, 4) is 0 Å². The van der Waals surface area contributed by atoms with Crippen LogP contribution < -0.4 is 17.0 Å². The second kappa shape index (κ2) is 9.92. The van der Waals surface area contributed by atoms with Crippen molar-refractivity contribution >= 4 is 29.4 Å². The smallest absolute Gasteiger partial charge is 0.338 e. The number of rotatable bonds is 7. The maximum Gasteiger partial charge on any atom is 0.338 e. The number of ketones is 1. The molecule has 11 nitrogen and oxygen atoms in total. The van der Waals surface area contributed by atoms with E-state index in [0.717, 1.165) is 41.2 Å². The van der Waals surface area contributed by atoms with E-state index in [1.807, 2.05) is 6.92 Å². The number of amides is 2. The predicted octanol–water partition coefficient (Wildman–Crippen LogP) is 1.51. The van der Waals surface area contributed by atoms with Gasteiger partial charge in [-0.2, -0.15) is 0 Å². The number of anilines is 1. The van der Waals surface area contributed by atoms with Crippen LogP contribution in [0.1, 0.15) is 86.9 Å². The molecule has 0 atom stereocenters. The highest BCUT2D eigenvalue weighted by atomic mass is 16.5. The predicted molar refractivity (Wildman–Crippen MR) is 129 cm³/mol. The Bertz CT molecular complexity index is 1380. The van der Waals surface area contributed by atoms with Crippen molar-refractivity contribution in [1.29, 1.82) is 0 Å². The Hall–Kier alpha value is -4.02. The Kier molecular flexibility index (Phi) is 6.91. The van der Waals surface area contributed by atoms with Crippen LogP contribution in [0.2, 0.25) is 0 Å². The van der Waals surface area contributed by atoms with Crippen LogP contribution in [0.4, 0.5) is 5.82 Å². The Morgan fingerprint density at radius 1 is 1.03 bits per heavy atom. The lowest BCUT2D eigenvalue weighted by atomic mass is 9.94. The number of hydrogen-bond acceptors (Lipinski definition) is 8. The third kappa shape index (κ3) is 4.25. The number of imide groups is 1. The highest BCUT2D eigenvalue weighted by Crippen LogP contribution is 2.31. The molecule has 2 N–H and O–H groups in total. The summed E-state index contributed by atoms with van der Waals surface area (Å²) in [6.45, 7) is 1.23. The van der Waals surface area contributed by atoms with E-state index in [1.165, 1.54) is 30.1 Å². The maximum atomic E-state index is 13.0. The van der Waals surface area contributed by atoms with Gasteiger partial charge in [-0.3, -0.25) is 33.2 Å². The summed E-state index contributed by atoms with van der Waals surface area (Å²) in [7, 11) is 1.23. The molecule has 1 fully saturated rings. The first-order valence-corrected chi connectivity index (χ1v) is 12.0. The van der Waals surface area contributed by atoms with Crippen LogP contribution in [-0.4, -0.2) is 50.2 Å². The van der Waals surface area contributed by atoms with Crippen molar-refractivity contribution in [3.05, 3.63) is 61.3 Å². The zero-order valence-corrected chi connectivity index (χ0v) is 20.2. The SMILES string of the molecule is CCCn1c(N)c(C(=O)COC(=O)c2ccc3c(c2)C(=O)N(C2CCCCC2)C3=O)c(=O)n(C)c1=O. The Labute approximate surface area is 206 Å². The minimum absolute atomic E-state index is 0.00924. The Morgan fingerprint density at radius 3 is 2.36 bits per heavy atom. The topological polar surface area (TPSA) is 151 Å². The summed E-state index contributed by atoms with van der Waals surface area (Å²) in [5.41, 5.74) is 4.32. The van der Waals surface area contributed by atoms with Crippen LogP contribution in [0.15, 0.2) is 27.8 Å². The molecule has 190 valence electrons. The second-order valence-electron chi connectivity index (χ2n) is 9.09. The first-order chi connectivity index (χ1) is 17.2. The minimum atomic E-state index is -0.903. The molecule has 2 heterocycles. The number of nitrogen functional groups attached to an aromatic ring is 1. The van der Waals surface area contributed by atoms with E-state index in [1.54, 1.807) is 0 Å². The molecule has 0 bridgehead atoms. The van der Waals surface area contributed by atoms with Crippen molar-refractivity contribution in [2.75, 3.05) is 12.3 Å². The van der Waals surface area contributed by atoms with Gasteiger partial charge in [0.25, 0.3) is 17.4 Å². The number of aromatic nitrogens is 2. The summed E-state index contributed by atoms with van der Waals surface area (Å²) in [6.07, 6.45) is 5.04. The third-order valence-electron chi connectivity index (χ3n) is 6.74. The van der Waals surface area contributed by atoms with Crippen LogP contribution in [0.25, 0.3) is 0 Å². The molecule has 1 aliphatic carbocycles. The van der Waals surface area contributed by atoms with Crippen molar-refractivity contribution in [2.45, 2.75) is 58.0 Å². The number of Topliss-reactive ketones (excluding diaryl/α,β-unsaturated/α-hetero) is 1. The average Bonchev–Trinajstić information content (AvgIpc) is 3.13. The van der Waals surface area contributed by atoms with Gasteiger partial charge in [0.2, 0.25) is 5.78 Å². The van der Waals surface area contributed by atoms with Crippen LogP contribution in [0.5, 0.6) is 0 Å². The van der Waals surface area contributed by atoms with E-state index in [4.69, 9.17) is 10.5 Å². The van der Waals surface area contributed by atoms with Gasteiger partial charge in [0.15, 0.2) is 6.61 Å². The fourth-order valence-electron chi connectivity index (χ4n) is 4.83. The molecule has 2 aliphatic rings. The van der Waals surface area contributed by atoms with Gasteiger partial charge >= 0.3 is 11.7 Å². The number of hydrogen-bond donors (Lipinski definition) is 1. The molecule has 0 saturated heterocycles. The number of fused-ring (bicyclic) bond motifs is 1. The molecular weight excluding hydrogens is 468 g/mol. The van der Waals surface area contributed by atoms with E-state index < -0.39 is 41.1 Å². The Morgan fingerprint density at radius 2 is 1.69 bits per heavy atom. The molecule has 2 amide bonds. The lowest BCUT2D eigenvalue weighted by Crippen LogP contribution is -2.43. The van der Waals surface area contributed by atoms with Crippen molar-refractivity contribution in [1.82, 2.24) is 14.0 Å². The fourth-order valence-corrected chi connectivity index (χ4v) is 4.83. The van der Waals surface area contributed by atoms with Gasteiger partial charge in [0, 0.05) is 19.6 Å². The van der Waals surface area contributed by atoms with Crippen LogP contribution in [0.3, 0.4) is 0 Å². The summed E-state index contributed by atoms with van der Waals surface area (Å²) in [5.74, 6) is -2.86. The number of ether oxygens (including phenoxy) is 1. The minimum Gasteiger partial charge on any atom is -0.454 e. The molecule has 2 aromatic rings. The zero-order valence-electron chi connectivity index (χ0n) is 20.2. The molecule has 0 unspecified atom stereocenters. The number of benzene rings is 1. The third-order valence-corrected chi connectivity index (χ3v) is 6.74. The number of nitrogens with zero attached hydrogens (tertiary/aromatic N) is 3. The molecular formula is C25H28N4O7. The summed E-state index contributed by atoms with van der Waals surface area (Å²) in [4.78, 5) is 77.3. The van der Waals surface area contributed by atoms with Crippen molar-refractivity contribution in [3.63, 3.8) is 0 Å². The zero-order chi connectivity index (χ0) is 26.1. The molecule has 1 aromatic heterocycles. The lowest BCUT2D eigenvalue weighted by molar-refractivity contribution is 0.0474. The van der Waals surface area contributed by atoms with Gasteiger partial charge in [-0.15, -0.1) is 0 Å². The Balaban J connectivity index is 1.52. The second-order valence-corrected chi connectivity index (χ2v) is 9.09. The molecule has 0 radical (unpaired) electrons. The van der Waals surface area contributed by atoms with Crippen LogP contribution in [-0.2, 0) is 18.3 Å². The quantitative estimate of drug-likeness (QED) is 0.344. The van der Waals surface area contributed by atoms with E-state index >= 15 is 0 Å². The molecule has 1 aromatic carbocycles. The van der Waals surface area contributed by atoms with Gasteiger partial charge < -0.3 is 10.5 Å². The normalized spacial score (nSPS) is 15.8. The molecule has 1 saturated carbocycles. The van der Waals surface area contributed by atoms with Crippen LogP contribution in [0, 0.1) is 0 Å². The lowest BCUT2D eigenvalue weighted by Gasteiger charge is -2.29. The molecule has 4 rings (SSSR count). The van der Waals surface area contributed by atoms with E-state index in [-0.39, 0.29) is 41.0 Å². The largest absolute Gasteiger partial charge is 0.454 e. The number of carbonyl (C=O) groups excluding carboxylic acids is 4. The summed E-state index contributed by atoms with van der Waals surface area (Å²) < 4.78 is 7.00. The summed E-state index contributed by atoms with van der Waals surface area (Å²) in [5, 5.41) is 0. The first kappa shape index (κ1) is 25.1. The van der Waals surface area contributed by atoms with Gasteiger partial charge in [0.1, 0.15) is 11.4 Å². The van der Waals surface area contributed by atoms with Gasteiger partial charge in [-0.1, -0.05) is 26.2 Å². The van der Waals surface area contributed by atoms with Crippen molar-refractivity contribution < 1.29 is 23.9 Å². The monoisotopic (exact) mass is 496 g/mol. The molecule has 36 heavy (non-hydrogen) atoms.